The Balaban J connectivity index is 1.45. The summed E-state index contributed by atoms with van der Waals surface area (Å²) in [6, 6.07) is 17.7. The first-order valence-corrected chi connectivity index (χ1v) is 10.5. The van der Waals surface area contributed by atoms with Crippen molar-refractivity contribution in [3.05, 3.63) is 100 Å². The second-order valence-electron chi connectivity index (χ2n) is 7.03. The molecule has 5 rings (SSSR count). The molecule has 5 aromatic rings. The molecule has 0 bridgehead atoms. The minimum Gasteiger partial charge on any atom is -0.468 e. The summed E-state index contributed by atoms with van der Waals surface area (Å²) in [4.78, 5) is 23.5. The van der Waals surface area contributed by atoms with Gasteiger partial charge in [-0.3, -0.25) is 9.69 Å². The van der Waals surface area contributed by atoms with Gasteiger partial charge in [-0.1, -0.05) is 30.3 Å². The van der Waals surface area contributed by atoms with Gasteiger partial charge in [0.1, 0.15) is 22.2 Å². The maximum absolute atomic E-state index is 12.9. The van der Waals surface area contributed by atoms with Crippen molar-refractivity contribution < 1.29 is 8.83 Å². The van der Waals surface area contributed by atoms with E-state index in [1.165, 1.54) is 16.9 Å². The number of hydrogen-bond acceptors (Lipinski definition) is 6. The van der Waals surface area contributed by atoms with Crippen LogP contribution in [0.1, 0.15) is 17.1 Å². The fourth-order valence-electron chi connectivity index (χ4n) is 3.53. The molecule has 150 valence electrons. The average molecular weight is 417 g/mol. The summed E-state index contributed by atoms with van der Waals surface area (Å²) in [6.07, 6.45) is 3.27. The van der Waals surface area contributed by atoms with Gasteiger partial charge in [-0.05, 0) is 29.8 Å². The van der Waals surface area contributed by atoms with Crippen molar-refractivity contribution in [2.75, 3.05) is 0 Å². The minimum atomic E-state index is -0.152. The highest BCUT2D eigenvalue weighted by atomic mass is 32.1. The molecule has 0 aliphatic rings. The Hall–Kier alpha value is -3.42. The predicted molar refractivity (Wildman–Crippen MR) is 116 cm³/mol. The average Bonchev–Trinajstić information content (AvgIpc) is 3.50. The van der Waals surface area contributed by atoms with Crippen LogP contribution in [-0.4, -0.2) is 14.9 Å². The number of rotatable bonds is 7. The molecule has 6 nitrogen and oxygen atoms in total. The van der Waals surface area contributed by atoms with Crippen LogP contribution in [0, 0.1) is 0 Å². The van der Waals surface area contributed by atoms with Crippen molar-refractivity contribution in [2.45, 2.75) is 19.6 Å². The summed E-state index contributed by atoms with van der Waals surface area (Å²) in [6.45, 7) is 1.83. The number of benzene rings is 1. The first-order chi connectivity index (χ1) is 14.8. The van der Waals surface area contributed by atoms with Crippen LogP contribution in [0.5, 0.6) is 0 Å². The molecule has 1 aromatic carbocycles. The van der Waals surface area contributed by atoms with Crippen LogP contribution in [0.2, 0.25) is 0 Å². The summed E-state index contributed by atoms with van der Waals surface area (Å²) >= 11 is 1.45. The number of nitrogens with one attached hydrogen (secondary N) is 1. The molecule has 0 aliphatic carbocycles. The molecule has 0 amide bonds. The molecule has 0 aliphatic heterocycles. The van der Waals surface area contributed by atoms with Gasteiger partial charge in [0.2, 0.25) is 0 Å². The van der Waals surface area contributed by atoms with Crippen LogP contribution in [0.15, 0.2) is 86.1 Å². The van der Waals surface area contributed by atoms with Crippen molar-refractivity contribution in [1.82, 2.24) is 14.9 Å². The lowest BCUT2D eigenvalue weighted by atomic mass is 10.2. The van der Waals surface area contributed by atoms with E-state index in [0.29, 0.717) is 41.4 Å². The highest BCUT2D eigenvalue weighted by Crippen LogP contribution is 2.31. The maximum Gasteiger partial charge on any atom is 0.260 e. The summed E-state index contributed by atoms with van der Waals surface area (Å²) in [5.41, 5.74) is 1.81. The molecule has 4 heterocycles. The third kappa shape index (κ3) is 3.85. The Bertz CT molecular complexity index is 1290. The number of furan rings is 2. The molecule has 0 saturated heterocycles. The van der Waals surface area contributed by atoms with E-state index >= 15 is 0 Å². The van der Waals surface area contributed by atoms with E-state index < -0.39 is 0 Å². The van der Waals surface area contributed by atoms with Gasteiger partial charge in [0.15, 0.2) is 0 Å². The smallest absolute Gasteiger partial charge is 0.260 e. The Morgan fingerprint density at radius 1 is 0.933 bits per heavy atom. The monoisotopic (exact) mass is 417 g/mol. The summed E-state index contributed by atoms with van der Waals surface area (Å²) < 4.78 is 11.0. The van der Waals surface area contributed by atoms with E-state index in [2.05, 4.69) is 22.0 Å². The summed E-state index contributed by atoms with van der Waals surface area (Å²) in [5.74, 6) is 2.17. The van der Waals surface area contributed by atoms with E-state index in [1.807, 2.05) is 47.8 Å². The molecule has 7 heteroatoms. The lowest BCUT2D eigenvalue weighted by molar-refractivity contribution is 0.221. The van der Waals surface area contributed by atoms with E-state index in [0.717, 1.165) is 11.3 Å². The lowest BCUT2D eigenvalue weighted by Crippen LogP contribution is -2.25. The van der Waals surface area contributed by atoms with Crippen LogP contribution in [0.25, 0.3) is 21.5 Å². The molecule has 4 aromatic heterocycles. The Labute approximate surface area is 176 Å². The van der Waals surface area contributed by atoms with Crippen LogP contribution in [0.3, 0.4) is 0 Å². The molecule has 0 fully saturated rings. The van der Waals surface area contributed by atoms with Crippen molar-refractivity contribution >= 4 is 21.6 Å². The molecular weight excluding hydrogens is 398 g/mol. The zero-order valence-electron chi connectivity index (χ0n) is 16.1. The number of aromatic nitrogens is 2. The molecule has 0 radical (unpaired) electrons. The first-order valence-electron chi connectivity index (χ1n) is 9.59. The number of fused-ring (bicyclic) bond motifs is 1. The van der Waals surface area contributed by atoms with Crippen LogP contribution in [0.4, 0.5) is 0 Å². The zero-order chi connectivity index (χ0) is 20.3. The van der Waals surface area contributed by atoms with Crippen molar-refractivity contribution in [3.63, 3.8) is 0 Å². The molecular formula is C23H19N3O3S. The Kier molecular flexibility index (Phi) is 5.04. The Morgan fingerprint density at radius 3 is 2.53 bits per heavy atom. The second kappa shape index (κ2) is 8.14. The van der Waals surface area contributed by atoms with Crippen molar-refractivity contribution in [3.8, 4) is 11.3 Å². The number of nitrogens with zero attached hydrogens (tertiary/aromatic N) is 2. The van der Waals surface area contributed by atoms with Crippen LogP contribution >= 0.6 is 11.3 Å². The fourth-order valence-corrected chi connectivity index (χ4v) is 4.47. The molecule has 0 unspecified atom stereocenters. The van der Waals surface area contributed by atoms with Gasteiger partial charge in [0, 0.05) is 17.5 Å². The highest BCUT2D eigenvalue weighted by molar-refractivity contribution is 7.17. The van der Waals surface area contributed by atoms with E-state index in [4.69, 9.17) is 13.8 Å². The third-order valence-electron chi connectivity index (χ3n) is 4.86. The largest absolute Gasteiger partial charge is 0.468 e. The third-order valence-corrected chi connectivity index (χ3v) is 5.73. The molecule has 30 heavy (non-hydrogen) atoms. The van der Waals surface area contributed by atoms with Gasteiger partial charge in [-0.15, -0.1) is 11.3 Å². The summed E-state index contributed by atoms with van der Waals surface area (Å²) in [5, 5.41) is 2.49. The minimum absolute atomic E-state index is 0.152. The number of H-pyrrole nitrogens is 1. The fraction of sp³-hybridized carbons (Fsp3) is 0.130. The maximum atomic E-state index is 12.9. The quantitative estimate of drug-likeness (QED) is 0.401. The predicted octanol–water partition coefficient (Wildman–Crippen LogP) is 5.04. The number of aromatic amines is 1. The molecule has 0 saturated carbocycles. The topological polar surface area (TPSA) is 75.3 Å². The number of thiophene rings is 1. The van der Waals surface area contributed by atoms with Gasteiger partial charge < -0.3 is 13.8 Å². The summed E-state index contributed by atoms with van der Waals surface area (Å²) in [7, 11) is 0. The number of hydrogen-bond donors (Lipinski definition) is 1. The van der Waals surface area contributed by atoms with Crippen molar-refractivity contribution in [2.24, 2.45) is 0 Å². The zero-order valence-corrected chi connectivity index (χ0v) is 16.9. The molecule has 1 N–H and O–H groups in total. The standard InChI is InChI=1S/C23H19N3O3S/c27-22-21-18(19-9-5-11-29-19)15-30-23(21)25-20(24-22)14-26(13-17-8-4-10-28-17)12-16-6-2-1-3-7-16/h1-11,15H,12-14H2,(H,24,25,27). The first kappa shape index (κ1) is 18.6. The van der Waals surface area contributed by atoms with Crippen LogP contribution < -0.4 is 5.56 Å². The van der Waals surface area contributed by atoms with Gasteiger partial charge in [0.05, 0.1) is 31.0 Å². The van der Waals surface area contributed by atoms with Crippen LogP contribution in [-0.2, 0) is 19.6 Å². The van der Waals surface area contributed by atoms with E-state index in [9.17, 15) is 4.79 Å². The highest BCUT2D eigenvalue weighted by Gasteiger charge is 2.17. The molecule has 0 spiro atoms. The second-order valence-corrected chi connectivity index (χ2v) is 7.89. The molecule has 0 atom stereocenters. The normalized spacial score (nSPS) is 11.5. The van der Waals surface area contributed by atoms with Crippen molar-refractivity contribution in [1.29, 1.82) is 0 Å². The van der Waals surface area contributed by atoms with Gasteiger partial charge in [-0.2, -0.15) is 0 Å². The van der Waals surface area contributed by atoms with Gasteiger partial charge >= 0.3 is 0 Å². The van der Waals surface area contributed by atoms with Gasteiger partial charge in [0.25, 0.3) is 5.56 Å². The van der Waals surface area contributed by atoms with Gasteiger partial charge in [-0.25, -0.2) is 4.98 Å². The van der Waals surface area contributed by atoms with E-state index in [-0.39, 0.29) is 5.56 Å². The van der Waals surface area contributed by atoms with E-state index in [1.54, 1.807) is 12.5 Å². The lowest BCUT2D eigenvalue weighted by Gasteiger charge is -2.20. The SMILES string of the molecule is O=c1[nH]c(CN(Cc2ccccc2)Cc2ccco2)nc2scc(-c3ccco3)c12. The Morgan fingerprint density at radius 2 is 1.77 bits per heavy atom.